The van der Waals surface area contributed by atoms with E-state index < -0.39 is 0 Å². The summed E-state index contributed by atoms with van der Waals surface area (Å²) in [4.78, 5) is 6.05. The van der Waals surface area contributed by atoms with Crippen LogP contribution >= 0.6 is 22.9 Å². The van der Waals surface area contributed by atoms with E-state index in [9.17, 15) is 5.26 Å². The summed E-state index contributed by atoms with van der Waals surface area (Å²) in [6.07, 6.45) is 5.03. The number of thiazole rings is 1. The molecule has 2 aromatic heterocycles. The Bertz CT molecular complexity index is 1060. The van der Waals surface area contributed by atoms with Gasteiger partial charge in [0.2, 0.25) is 0 Å². The molecule has 27 heavy (non-hydrogen) atoms. The third-order valence-electron chi connectivity index (χ3n) is 4.87. The molecule has 0 saturated carbocycles. The highest BCUT2D eigenvalue weighted by molar-refractivity contribution is 7.13. The van der Waals surface area contributed by atoms with Crippen LogP contribution in [0.3, 0.4) is 0 Å². The lowest BCUT2D eigenvalue weighted by atomic mass is 9.93. The molecule has 1 unspecified atom stereocenters. The monoisotopic (exact) mass is 394 g/mol. The smallest absolute Gasteiger partial charge is 0.140 e. The van der Waals surface area contributed by atoms with Crippen molar-refractivity contribution in [3.63, 3.8) is 0 Å². The molecule has 1 aliphatic carbocycles. The summed E-state index contributed by atoms with van der Waals surface area (Å²) in [6.45, 7) is 4.17. The lowest BCUT2D eigenvalue weighted by Crippen LogP contribution is -2.09. The summed E-state index contributed by atoms with van der Waals surface area (Å²) in [7, 11) is 0. The maximum Gasteiger partial charge on any atom is 0.140 e. The Labute approximate surface area is 167 Å². The fourth-order valence-corrected chi connectivity index (χ4v) is 4.92. The van der Waals surface area contributed by atoms with Gasteiger partial charge in [0.25, 0.3) is 0 Å². The minimum atomic E-state index is 0.501. The molecule has 1 aromatic carbocycles. The Morgan fingerprint density at radius 2 is 2.15 bits per heavy atom. The van der Waals surface area contributed by atoms with E-state index in [0.717, 1.165) is 46.9 Å². The fourth-order valence-electron chi connectivity index (χ4n) is 3.36. The number of hydrogen-bond donors (Lipinski definition) is 0. The summed E-state index contributed by atoms with van der Waals surface area (Å²) in [6, 6.07) is 12.0. The number of benzene rings is 1. The normalized spacial score (nSPS) is 16.8. The molecule has 0 fully saturated rings. The van der Waals surface area contributed by atoms with Crippen molar-refractivity contribution in [1.29, 1.82) is 5.26 Å². The number of rotatable bonds is 3. The molecule has 0 radical (unpaired) electrons. The topological polar surface area (TPSA) is 54.5 Å². The molecule has 0 aliphatic heterocycles. The van der Waals surface area contributed by atoms with Crippen LogP contribution in [0.5, 0.6) is 0 Å². The van der Waals surface area contributed by atoms with Crippen LogP contribution in [0, 0.1) is 24.2 Å². The third kappa shape index (κ3) is 3.43. The molecular weight excluding hydrogens is 376 g/mol. The molecule has 0 spiro atoms. The van der Waals surface area contributed by atoms with Gasteiger partial charge in [0.1, 0.15) is 16.2 Å². The average Bonchev–Trinajstić information content (AvgIpc) is 3.21. The first kappa shape index (κ1) is 18.0. The zero-order valence-electron chi connectivity index (χ0n) is 15.2. The Morgan fingerprint density at radius 1 is 1.37 bits per heavy atom. The lowest BCUT2D eigenvalue weighted by molar-refractivity contribution is 0.502. The van der Waals surface area contributed by atoms with E-state index in [0.29, 0.717) is 16.6 Å². The minimum Gasteiger partial charge on any atom is -0.240 e. The molecule has 0 saturated heterocycles. The van der Waals surface area contributed by atoms with E-state index >= 15 is 0 Å². The Kier molecular flexibility index (Phi) is 4.86. The first-order chi connectivity index (χ1) is 13.1. The molecule has 4 rings (SSSR count). The molecule has 0 amide bonds. The van der Waals surface area contributed by atoms with Gasteiger partial charge >= 0.3 is 0 Å². The van der Waals surface area contributed by atoms with Gasteiger partial charge in [-0.2, -0.15) is 10.4 Å². The molecule has 1 aliphatic rings. The van der Waals surface area contributed by atoms with Crippen molar-refractivity contribution in [3.8, 4) is 11.8 Å². The van der Waals surface area contributed by atoms with E-state index in [2.05, 4.69) is 18.1 Å². The Balaban J connectivity index is 1.74. The van der Waals surface area contributed by atoms with Crippen LogP contribution in [0.2, 0.25) is 5.15 Å². The number of hydrogen-bond acceptors (Lipinski definition) is 4. The van der Waals surface area contributed by atoms with Gasteiger partial charge in [-0.1, -0.05) is 36.7 Å². The second-order valence-corrected chi connectivity index (χ2v) is 8.39. The zero-order valence-corrected chi connectivity index (χ0v) is 16.8. The van der Waals surface area contributed by atoms with Crippen LogP contribution in [0.4, 0.5) is 0 Å². The van der Waals surface area contributed by atoms with E-state index in [1.54, 1.807) is 16.0 Å². The molecule has 0 N–H and O–H groups in total. The van der Waals surface area contributed by atoms with Crippen molar-refractivity contribution in [3.05, 3.63) is 62.3 Å². The number of aromatic nitrogens is 3. The van der Waals surface area contributed by atoms with Crippen molar-refractivity contribution < 1.29 is 0 Å². The molecule has 0 bridgehead atoms. The lowest BCUT2D eigenvalue weighted by Gasteiger charge is -2.15. The highest BCUT2D eigenvalue weighted by atomic mass is 35.5. The molecule has 2 heterocycles. The zero-order chi connectivity index (χ0) is 19.0. The molecule has 136 valence electrons. The van der Waals surface area contributed by atoms with Gasteiger partial charge in [0.15, 0.2) is 0 Å². The van der Waals surface area contributed by atoms with Crippen LogP contribution in [-0.2, 0) is 12.8 Å². The van der Waals surface area contributed by atoms with Gasteiger partial charge in [-0.25, -0.2) is 9.67 Å². The standard InChI is InChI=1S/C21H19ClN4S/c1-13-8-9-18-19(10-13)27-21(24-18)15(12-23)11-17-14(2)25-26(20(17)22)16-6-4-3-5-7-16/h3-7,11,13H,8-10H2,1-2H3. The number of nitriles is 1. The third-order valence-corrected chi connectivity index (χ3v) is 6.39. The van der Waals surface area contributed by atoms with Crippen molar-refractivity contribution in [2.75, 3.05) is 0 Å². The highest BCUT2D eigenvalue weighted by Crippen LogP contribution is 2.34. The Morgan fingerprint density at radius 3 is 2.89 bits per heavy atom. The molecule has 6 heteroatoms. The van der Waals surface area contributed by atoms with Crippen LogP contribution in [0.25, 0.3) is 17.3 Å². The van der Waals surface area contributed by atoms with Crippen molar-refractivity contribution in [2.45, 2.75) is 33.1 Å². The first-order valence-electron chi connectivity index (χ1n) is 8.98. The largest absolute Gasteiger partial charge is 0.240 e. The van der Waals surface area contributed by atoms with Gasteiger partial charge in [-0.05, 0) is 50.3 Å². The predicted octanol–water partition coefficient (Wildman–Crippen LogP) is 5.48. The number of fused-ring (bicyclic) bond motifs is 1. The second-order valence-electron chi connectivity index (χ2n) is 6.94. The number of halogens is 1. The first-order valence-corrected chi connectivity index (χ1v) is 10.2. The summed E-state index contributed by atoms with van der Waals surface area (Å²) >= 11 is 8.24. The van der Waals surface area contributed by atoms with E-state index in [4.69, 9.17) is 16.6 Å². The van der Waals surface area contributed by atoms with Crippen molar-refractivity contribution in [1.82, 2.24) is 14.8 Å². The summed E-state index contributed by atoms with van der Waals surface area (Å²) in [5, 5.41) is 15.6. The van der Waals surface area contributed by atoms with Gasteiger partial charge in [0.05, 0.1) is 22.6 Å². The predicted molar refractivity (Wildman–Crippen MR) is 110 cm³/mol. The van der Waals surface area contributed by atoms with Crippen LogP contribution < -0.4 is 0 Å². The summed E-state index contributed by atoms with van der Waals surface area (Å²) in [5.74, 6) is 0.682. The number of para-hydroxylation sites is 1. The van der Waals surface area contributed by atoms with E-state index in [-0.39, 0.29) is 0 Å². The fraction of sp³-hybridized carbons (Fsp3) is 0.286. The van der Waals surface area contributed by atoms with Crippen molar-refractivity contribution in [2.24, 2.45) is 5.92 Å². The second kappa shape index (κ2) is 7.30. The van der Waals surface area contributed by atoms with Crippen LogP contribution in [0.15, 0.2) is 30.3 Å². The SMILES string of the molecule is Cc1nn(-c2ccccc2)c(Cl)c1C=C(C#N)c1nc2c(s1)CC(C)CC2. The average molecular weight is 395 g/mol. The van der Waals surface area contributed by atoms with Gasteiger partial charge in [0, 0.05) is 10.4 Å². The molecular formula is C21H19ClN4S. The maximum absolute atomic E-state index is 9.74. The van der Waals surface area contributed by atoms with Gasteiger partial charge in [-0.3, -0.25) is 0 Å². The molecule has 1 atom stereocenters. The summed E-state index contributed by atoms with van der Waals surface area (Å²) in [5.41, 5.74) is 4.13. The number of allylic oxidation sites excluding steroid dienone is 1. The van der Waals surface area contributed by atoms with Gasteiger partial charge in [-0.15, -0.1) is 11.3 Å². The number of aryl methyl sites for hydroxylation is 2. The maximum atomic E-state index is 9.74. The van der Waals surface area contributed by atoms with Crippen LogP contribution in [0.1, 0.15) is 40.2 Å². The Hall–Kier alpha value is -2.42. The highest BCUT2D eigenvalue weighted by Gasteiger charge is 2.22. The van der Waals surface area contributed by atoms with Crippen molar-refractivity contribution >= 4 is 34.6 Å². The molecule has 4 nitrogen and oxygen atoms in total. The minimum absolute atomic E-state index is 0.501. The summed E-state index contributed by atoms with van der Waals surface area (Å²) < 4.78 is 1.70. The van der Waals surface area contributed by atoms with Crippen LogP contribution in [-0.4, -0.2) is 14.8 Å². The quantitative estimate of drug-likeness (QED) is 0.552. The van der Waals surface area contributed by atoms with E-state index in [1.807, 2.05) is 43.3 Å². The van der Waals surface area contributed by atoms with Gasteiger partial charge < -0.3 is 0 Å². The number of nitrogens with zero attached hydrogens (tertiary/aromatic N) is 4. The van der Waals surface area contributed by atoms with E-state index in [1.165, 1.54) is 4.88 Å². The molecule has 3 aromatic rings.